The Labute approximate surface area is 335 Å². The van der Waals surface area contributed by atoms with Crippen LogP contribution in [0.1, 0.15) is 0 Å². The highest BCUT2D eigenvalue weighted by Crippen LogP contribution is 2.45. The lowest BCUT2D eigenvalue weighted by atomic mass is 9.86. The van der Waals surface area contributed by atoms with Gasteiger partial charge in [0.15, 0.2) is 0 Å². The maximum Gasteiger partial charge on any atom is 0.135 e. The van der Waals surface area contributed by atoms with Crippen molar-refractivity contribution in [2.75, 3.05) is 0 Å². The van der Waals surface area contributed by atoms with Crippen LogP contribution in [-0.2, 0) is 0 Å². The van der Waals surface area contributed by atoms with Crippen LogP contribution in [0.5, 0.6) is 0 Å². The molecule has 12 aromatic rings. The van der Waals surface area contributed by atoms with Crippen LogP contribution in [0.15, 0.2) is 217 Å². The van der Waals surface area contributed by atoms with E-state index in [1.165, 1.54) is 87.9 Å². The summed E-state index contributed by atoms with van der Waals surface area (Å²) in [5.41, 5.74) is 15.0. The van der Waals surface area contributed by atoms with Gasteiger partial charge < -0.3 is 8.98 Å². The van der Waals surface area contributed by atoms with E-state index in [9.17, 15) is 0 Å². The number of fused-ring (bicyclic) bond motifs is 8. The van der Waals surface area contributed by atoms with Gasteiger partial charge in [0.25, 0.3) is 0 Å². The average molecular weight is 738 g/mol. The quantitative estimate of drug-likeness (QED) is 0.161. The van der Waals surface area contributed by atoms with Gasteiger partial charge in [-0.15, -0.1) is 0 Å². The summed E-state index contributed by atoms with van der Waals surface area (Å²) in [7, 11) is 0. The van der Waals surface area contributed by atoms with Gasteiger partial charge in [0, 0.05) is 27.2 Å². The number of benzene rings is 10. The fraction of sp³-hybridized carbons (Fsp3) is 0. The summed E-state index contributed by atoms with van der Waals surface area (Å²) in [5, 5.41) is 9.74. The molecule has 0 spiro atoms. The van der Waals surface area contributed by atoms with Crippen molar-refractivity contribution in [2.45, 2.75) is 0 Å². The minimum atomic E-state index is 0.900. The molecule has 0 radical (unpaired) electrons. The number of aromatic nitrogens is 1. The molecule has 58 heavy (non-hydrogen) atoms. The van der Waals surface area contributed by atoms with Crippen LogP contribution in [0.3, 0.4) is 0 Å². The van der Waals surface area contributed by atoms with E-state index in [0.717, 1.165) is 27.6 Å². The second-order valence-electron chi connectivity index (χ2n) is 15.2. The highest BCUT2D eigenvalue weighted by atomic mass is 16.3. The Morgan fingerprint density at radius 1 is 0.259 bits per heavy atom. The van der Waals surface area contributed by atoms with Gasteiger partial charge in [-0.3, -0.25) is 0 Å². The van der Waals surface area contributed by atoms with Gasteiger partial charge in [0.05, 0.1) is 11.0 Å². The monoisotopic (exact) mass is 737 g/mol. The van der Waals surface area contributed by atoms with Crippen molar-refractivity contribution in [1.29, 1.82) is 0 Å². The lowest BCUT2D eigenvalue weighted by Crippen LogP contribution is -1.95. The minimum Gasteiger partial charge on any atom is -0.456 e. The van der Waals surface area contributed by atoms with Crippen LogP contribution >= 0.6 is 0 Å². The van der Waals surface area contributed by atoms with Crippen LogP contribution in [0.4, 0.5) is 0 Å². The van der Waals surface area contributed by atoms with Gasteiger partial charge in [-0.1, -0.05) is 158 Å². The van der Waals surface area contributed by atoms with E-state index in [1.54, 1.807) is 0 Å². The maximum atomic E-state index is 6.33. The summed E-state index contributed by atoms with van der Waals surface area (Å²) in [6, 6.07) is 77.0. The molecule has 0 fully saturated rings. The number of hydrogen-bond donors (Lipinski definition) is 0. The standard InChI is InChI=1S/C56H35NO/c1-3-14-36(15-4-1)38-27-30-53-49(34-38)50-35-40(28-31-54(50)58-53)39-26-29-52-48(33-39)43-20-11-12-25-51(43)57(52)42-19-13-18-41(32-42)56-46-23-9-7-21-44(46)55(37-16-5-2-6-17-37)45-22-8-10-24-47(45)56/h1-35H. The third-order valence-corrected chi connectivity index (χ3v) is 12.0. The molecule has 2 heteroatoms. The second kappa shape index (κ2) is 12.9. The summed E-state index contributed by atoms with van der Waals surface area (Å²) in [6.07, 6.45) is 0. The van der Waals surface area contributed by atoms with E-state index in [2.05, 4.69) is 217 Å². The van der Waals surface area contributed by atoms with Crippen molar-refractivity contribution >= 4 is 65.3 Å². The highest BCUT2D eigenvalue weighted by Gasteiger charge is 2.19. The topological polar surface area (TPSA) is 18.1 Å². The molecular formula is C56H35NO. The molecule has 270 valence electrons. The third kappa shape index (κ3) is 5.05. The largest absolute Gasteiger partial charge is 0.456 e. The number of hydrogen-bond acceptors (Lipinski definition) is 1. The molecule has 0 aliphatic rings. The first-order chi connectivity index (χ1) is 28.8. The maximum absolute atomic E-state index is 6.33. The van der Waals surface area contributed by atoms with Crippen molar-refractivity contribution in [3.05, 3.63) is 212 Å². The second-order valence-corrected chi connectivity index (χ2v) is 15.2. The molecule has 0 N–H and O–H groups in total. The molecule has 0 unspecified atom stereocenters. The molecule has 0 bridgehead atoms. The number of rotatable bonds is 5. The molecule has 2 aromatic heterocycles. The van der Waals surface area contributed by atoms with E-state index in [-0.39, 0.29) is 0 Å². The molecular weight excluding hydrogens is 703 g/mol. The van der Waals surface area contributed by atoms with Crippen LogP contribution in [0.25, 0.3) is 115 Å². The zero-order valence-corrected chi connectivity index (χ0v) is 31.6. The van der Waals surface area contributed by atoms with Crippen molar-refractivity contribution in [3.8, 4) is 50.2 Å². The SMILES string of the molecule is c1ccc(-c2ccc3oc4ccc(-c5ccc6c(c5)c5ccccc5n6-c5cccc(-c6c7ccccc7c(-c7ccccc7)c7ccccc67)c5)cc4c3c2)cc1. The molecule has 10 aromatic carbocycles. The molecule has 0 amide bonds. The van der Waals surface area contributed by atoms with E-state index in [0.29, 0.717) is 0 Å². The molecule has 0 aliphatic carbocycles. The van der Waals surface area contributed by atoms with Gasteiger partial charge in [0.1, 0.15) is 11.2 Å². The fourth-order valence-electron chi connectivity index (χ4n) is 9.35. The lowest BCUT2D eigenvalue weighted by Gasteiger charge is -2.18. The van der Waals surface area contributed by atoms with Crippen LogP contribution < -0.4 is 0 Å². The predicted molar refractivity (Wildman–Crippen MR) is 245 cm³/mol. The van der Waals surface area contributed by atoms with Gasteiger partial charge in [0.2, 0.25) is 0 Å². The first-order valence-corrected chi connectivity index (χ1v) is 19.9. The van der Waals surface area contributed by atoms with Crippen molar-refractivity contribution < 1.29 is 4.42 Å². The summed E-state index contributed by atoms with van der Waals surface area (Å²) >= 11 is 0. The average Bonchev–Trinajstić information content (AvgIpc) is 3.83. The zero-order valence-electron chi connectivity index (χ0n) is 31.6. The molecule has 2 heterocycles. The summed E-state index contributed by atoms with van der Waals surface area (Å²) in [5.74, 6) is 0. The fourth-order valence-corrected chi connectivity index (χ4v) is 9.35. The third-order valence-electron chi connectivity index (χ3n) is 12.0. The lowest BCUT2D eigenvalue weighted by molar-refractivity contribution is 0.669. The van der Waals surface area contributed by atoms with Gasteiger partial charge in [-0.05, 0) is 121 Å². The minimum absolute atomic E-state index is 0.900. The summed E-state index contributed by atoms with van der Waals surface area (Å²) in [4.78, 5) is 0. The Balaban J connectivity index is 1.02. The molecule has 0 saturated heterocycles. The smallest absolute Gasteiger partial charge is 0.135 e. The first-order valence-electron chi connectivity index (χ1n) is 19.9. The predicted octanol–water partition coefficient (Wildman–Crippen LogP) is 15.7. The van der Waals surface area contributed by atoms with Crippen LogP contribution in [-0.4, -0.2) is 4.57 Å². The van der Waals surface area contributed by atoms with E-state index in [4.69, 9.17) is 4.42 Å². The Kier molecular flexibility index (Phi) is 7.26. The normalized spacial score (nSPS) is 11.8. The summed E-state index contributed by atoms with van der Waals surface area (Å²) in [6.45, 7) is 0. The van der Waals surface area contributed by atoms with Crippen molar-refractivity contribution in [2.24, 2.45) is 0 Å². The molecule has 0 aliphatic heterocycles. The van der Waals surface area contributed by atoms with Crippen molar-refractivity contribution in [3.63, 3.8) is 0 Å². The van der Waals surface area contributed by atoms with E-state index >= 15 is 0 Å². The number of nitrogens with zero attached hydrogens (tertiary/aromatic N) is 1. The van der Waals surface area contributed by atoms with Gasteiger partial charge in [-0.25, -0.2) is 0 Å². The number of furan rings is 1. The van der Waals surface area contributed by atoms with E-state index in [1.807, 2.05) is 0 Å². The highest BCUT2D eigenvalue weighted by molar-refractivity contribution is 6.21. The van der Waals surface area contributed by atoms with E-state index < -0.39 is 0 Å². The zero-order chi connectivity index (χ0) is 38.2. The Morgan fingerprint density at radius 3 is 1.33 bits per heavy atom. The molecule has 2 nitrogen and oxygen atoms in total. The van der Waals surface area contributed by atoms with Gasteiger partial charge in [-0.2, -0.15) is 0 Å². The number of para-hydroxylation sites is 1. The Hall–Kier alpha value is -7.68. The molecule has 12 rings (SSSR count). The Bertz CT molecular complexity index is 3500. The Morgan fingerprint density at radius 2 is 0.707 bits per heavy atom. The van der Waals surface area contributed by atoms with Crippen LogP contribution in [0, 0.1) is 0 Å². The van der Waals surface area contributed by atoms with Crippen LogP contribution in [0.2, 0.25) is 0 Å². The van der Waals surface area contributed by atoms with Gasteiger partial charge >= 0.3 is 0 Å². The summed E-state index contributed by atoms with van der Waals surface area (Å²) < 4.78 is 8.76. The molecule has 0 atom stereocenters. The molecule has 0 saturated carbocycles. The van der Waals surface area contributed by atoms with Crippen molar-refractivity contribution in [1.82, 2.24) is 4.57 Å². The first kappa shape index (κ1) is 32.6.